The fourth-order valence-electron chi connectivity index (χ4n) is 2.45. The number of amides is 1. The van der Waals surface area contributed by atoms with Crippen molar-refractivity contribution in [2.45, 2.75) is 26.4 Å². The van der Waals surface area contributed by atoms with E-state index in [1.165, 1.54) is 19.2 Å². The summed E-state index contributed by atoms with van der Waals surface area (Å²) in [7, 11) is 1.43. The van der Waals surface area contributed by atoms with Crippen LogP contribution in [-0.4, -0.2) is 39.5 Å². The predicted molar refractivity (Wildman–Crippen MR) is 115 cm³/mol. The molecule has 0 radical (unpaired) electrons. The van der Waals surface area contributed by atoms with Crippen LogP contribution in [0.5, 0.6) is 11.5 Å². The number of nitrogen functional groups attached to an aromatic ring is 1. The first-order chi connectivity index (χ1) is 15.4. The lowest BCUT2D eigenvalue weighted by atomic mass is 10.1. The number of alkyl halides is 3. The maximum Gasteiger partial charge on any atom is 0.388 e. The molecular weight excluding hydrogens is 470 g/mol. The molecule has 13 heteroatoms. The van der Waals surface area contributed by atoms with Crippen molar-refractivity contribution >= 4 is 29.0 Å². The Morgan fingerprint density at radius 2 is 1.94 bits per heavy atom. The third-order valence-electron chi connectivity index (χ3n) is 4.20. The van der Waals surface area contributed by atoms with Crippen molar-refractivity contribution in [2.75, 3.05) is 18.2 Å². The average Bonchev–Trinajstić information content (AvgIpc) is 3.06. The number of nitrogens with one attached hydrogen (secondary N) is 2. The third kappa shape index (κ3) is 6.72. The molecule has 0 aliphatic carbocycles. The Kier molecular flexibility index (Phi) is 8.09. The van der Waals surface area contributed by atoms with Crippen LogP contribution in [0.15, 0.2) is 24.3 Å². The summed E-state index contributed by atoms with van der Waals surface area (Å²) >= 11 is 5.87. The number of carbonyl (C=O) groups excluding carboxylic acids is 1. The van der Waals surface area contributed by atoms with Crippen molar-refractivity contribution in [1.82, 2.24) is 15.2 Å². The second-order valence-electron chi connectivity index (χ2n) is 6.60. The predicted octanol–water partition coefficient (Wildman–Crippen LogP) is 5.08. The zero-order valence-corrected chi connectivity index (χ0v) is 18.4. The van der Waals surface area contributed by atoms with E-state index >= 15 is 0 Å². The number of hydrogen-bond donors (Lipinski definition) is 4. The number of phenolic OH excluding ortho intramolecular Hbond substituents is 1. The highest BCUT2D eigenvalue weighted by Crippen LogP contribution is 2.32. The molecule has 3 aromatic rings. The molecule has 2 aromatic heterocycles. The van der Waals surface area contributed by atoms with Gasteiger partial charge in [0.15, 0.2) is 5.15 Å². The molecule has 0 aliphatic heterocycles. The second kappa shape index (κ2) is 10.4. The van der Waals surface area contributed by atoms with Crippen molar-refractivity contribution < 1.29 is 32.2 Å². The van der Waals surface area contributed by atoms with Gasteiger partial charge in [-0.2, -0.15) is 18.3 Å². The quantitative estimate of drug-likeness (QED) is 0.379. The molecule has 178 valence electrons. The standard InChI is InChI=1S/C17H15ClFN5O3.C3H5F3/c1-7-15(16(18)24-23-7)22-17(26)10-5-11(19)9(6-13(10)25)12-3-8(27-2)4-14(20)21-12;1-2-3(4,5)6/h3-6,25H,1-2H3,(H2,20,21)(H,22,26)(H,23,24);2H2,1H3. The smallest absolute Gasteiger partial charge is 0.388 e. The summed E-state index contributed by atoms with van der Waals surface area (Å²) in [6, 6.07) is 4.93. The number of H-pyrrole nitrogens is 1. The molecule has 3 rings (SSSR count). The highest BCUT2D eigenvalue weighted by atomic mass is 35.5. The fourth-order valence-corrected chi connectivity index (χ4v) is 2.68. The number of rotatable bonds is 4. The van der Waals surface area contributed by atoms with Gasteiger partial charge in [0.2, 0.25) is 0 Å². The van der Waals surface area contributed by atoms with Gasteiger partial charge in [0, 0.05) is 24.1 Å². The number of aryl methyl sites for hydroxylation is 1. The molecule has 2 heterocycles. The molecule has 0 fully saturated rings. The third-order valence-corrected chi connectivity index (χ3v) is 4.48. The number of nitrogens with zero attached hydrogens (tertiary/aromatic N) is 2. The summed E-state index contributed by atoms with van der Waals surface area (Å²) < 4.78 is 52.1. The Balaban J connectivity index is 0.000000569. The molecule has 33 heavy (non-hydrogen) atoms. The lowest BCUT2D eigenvalue weighted by molar-refractivity contribution is -0.130. The summed E-state index contributed by atoms with van der Waals surface area (Å²) in [6.07, 6.45) is -4.69. The molecule has 0 saturated heterocycles. The number of hydrogen-bond acceptors (Lipinski definition) is 6. The van der Waals surface area contributed by atoms with Gasteiger partial charge in [0.05, 0.1) is 24.1 Å². The van der Waals surface area contributed by atoms with Crippen molar-refractivity contribution in [1.29, 1.82) is 0 Å². The highest BCUT2D eigenvalue weighted by Gasteiger charge is 2.22. The number of phenols is 1. The zero-order chi connectivity index (χ0) is 24.9. The summed E-state index contributed by atoms with van der Waals surface area (Å²) in [5, 5.41) is 19.1. The molecule has 0 unspecified atom stereocenters. The molecular formula is C20H20ClF4N5O3. The van der Waals surface area contributed by atoms with Gasteiger partial charge in [-0.25, -0.2) is 9.37 Å². The summed E-state index contributed by atoms with van der Waals surface area (Å²) in [5.74, 6) is -1.46. The fraction of sp³-hybridized carbons (Fsp3) is 0.250. The largest absolute Gasteiger partial charge is 0.507 e. The minimum absolute atomic E-state index is 0.0350. The van der Waals surface area contributed by atoms with Gasteiger partial charge >= 0.3 is 6.18 Å². The number of pyridine rings is 1. The van der Waals surface area contributed by atoms with Crippen molar-refractivity contribution in [2.24, 2.45) is 0 Å². The van der Waals surface area contributed by atoms with Gasteiger partial charge in [0.25, 0.3) is 5.91 Å². The van der Waals surface area contributed by atoms with Crippen LogP contribution in [-0.2, 0) is 0 Å². The molecule has 0 saturated carbocycles. The molecule has 0 aliphatic rings. The number of aromatic nitrogens is 3. The first kappa shape index (κ1) is 25.7. The molecule has 5 N–H and O–H groups in total. The Hall–Kier alpha value is -3.54. The van der Waals surface area contributed by atoms with Crippen molar-refractivity contribution in [3.05, 3.63) is 46.5 Å². The van der Waals surface area contributed by atoms with Crippen molar-refractivity contribution in [3.8, 4) is 22.8 Å². The minimum atomic E-state index is -3.96. The van der Waals surface area contributed by atoms with E-state index in [1.54, 1.807) is 6.92 Å². The van der Waals surface area contributed by atoms with Crippen LogP contribution in [0.2, 0.25) is 5.15 Å². The van der Waals surface area contributed by atoms with E-state index in [-0.39, 0.29) is 33.5 Å². The van der Waals surface area contributed by atoms with Gasteiger partial charge in [-0.05, 0) is 19.1 Å². The van der Waals surface area contributed by atoms with Crippen LogP contribution in [0.4, 0.5) is 29.1 Å². The molecule has 1 amide bonds. The average molecular weight is 490 g/mol. The molecule has 0 spiro atoms. The van der Waals surface area contributed by atoms with Gasteiger partial charge < -0.3 is 20.9 Å². The monoisotopic (exact) mass is 489 g/mol. The molecule has 0 bridgehead atoms. The Bertz CT molecular complexity index is 1130. The van der Waals surface area contributed by atoms with E-state index in [1.807, 2.05) is 0 Å². The van der Waals surface area contributed by atoms with E-state index in [9.17, 15) is 27.5 Å². The van der Waals surface area contributed by atoms with Crippen LogP contribution in [0, 0.1) is 12.7 Å². The van der Waals surface area contributed by atoms with E-state index in [0.717, 1.165) is 19.1 Å². The maximum atomic E-state index is 14.6. The Labute approximate surface area is 190 Å². The molecule has 1 aromatic carbocycles. The summed E-state index contributed by atoms with van der Waals surface area (Å²) in [5.41, 5.74) is 6.28. The van der Waals surface area contributed by atoms with Crippen LogP contribution in [0.3, 0.4) is 0 Å². The number of aromatic amines is 1. The normalized spacial score (nSPS) is 10.9. The topological polar surface area (TPSA) is 126 Å². The van der Waals surface area contributed by atoms with Crippen LogP contribution < -0.4 is 15.8 Å². The van der Waals surface area contributed by atoms with E-state index in [0.29, 0.717) is 11.4 Å². The number of halogens is 5. The minimum Gasteiger partial charge on any atom is -0.507 e. The molecule has 0 atom stereocenters. The lowest BCUT2D eigenvalue weighted by Gasteiger charge is -2.11. The number of nitrogens with two attached hydrogens (primary N) is 1. The number of methoxy groups -OCH3 is 1. The van der Waals surface area contributed by atoms with Crippen molar-refractivity contribution in [3.63, 3.8) is 0 Å². The number of ether oxygens (including phenoxy) is 1. The van der Waals surface area contributed by atoms with Crippen LogP contribution in [0.25, 0.3) is 11.3 Å². The first-order valence-corrected chi connectivity index (χ1v) is 9.67. The summed E-state index contributed by atoms with van der Waals surface area (Å²) in [6.45, 7) is 2.73. The van der Waals surface area contributed by atoms with E-state index in [4.69, 9.17) is 22.1 Å². The number of benzene rings is 1. The van der Waals surface area contributed by atoms with E-state index < -0.39 is 30.1 Å². The zero-order valence-electron chi connectivity index (χ0n) is 17.6. The van der Waals surface area contributed by atoms with Gasteiger partial charge in [-0.1, -0.05) is 18.5 Å². The van der Waals surface area contributed by atoms with Crippen LogP contribution in [0.1, 0.15) is 29.4 Å². The van der Waals surface area contributed by atoms with E-state index in [2.05, 4.69) is 20.5 Å². The second-order valence-corrected chi connectivity index (χ2v) is 6.96. The molecule has 8 nitrogen and oxygen atoms in total. The van der Waals surface area contributed by atoms with Gasteiger partial charge in [-0.15, -0.1) is 0 Å². The number of anilines is 2. The summed E-state index contributed by atoms with van der Waals surface area (Å²) in [4.78, 5) is 16.4. The Morgan fingerprint density at radius 1 is 1.30 bits per heavy atom. The number of carbonyl (C=O) groups is 1. The highest BCUT2D eigenvalue weighted by molar-refractivity contribution is 6.33. The lowest BCUT2D eigenvalue weighted by Crippen LogP contribution is -2.13. The SMILES string of the molecule is CCC(F)(F)F.COc1cc(N)nc(-c2cc(O)c(C(=O)Nc3c(Cl)n[nH]c3C)cc2F)c1. The number of aromatic hydroxyl groups is 1. The first-order valence-electron chi connectivity index (χ1n) is 9.29. The van der Waals surface area contributed by atoms with Crippen LogP contribution >= 0.6 is 11.6 Å². The van der Waals surface area contributed by atoms with Gasteiger partial charge in [-0.3, -0.25) is 9.89 Å². The van der Waals surface area contributed by atoms with Gasteiger partial charge in [0.1, 0.15) is 28.8 Å². The Morgan fingerprint density at radius 3 is 2.45 bits per heavy atom. The maximum absolute atomic E-state index is 14.6.